The van der Waals surface area contributed by atoms with E-state index in [1.54, 1.807) is 43.3 Å². The van der Waals surface area contributed by atoms with Crippen LogP contribution in [-0.4, -0.2) is 29.9 Å². The highest BCUT2D eigenvalue weighted by atomic mass is 16.5. The number of carbonyl (C=O) groups excluding carboxylic acids is 2. The highest BCUT2D eigenvalue weighted by Crippen LogP contribution is 2.28. The third-order valence-corrected chi connectivity index (χ3v) is 4.58. The summed E-state index contributed by atoms with van der Waals surface area (Å²) >= 11 is 0. The van der Waals surface area contributed by atoms with Gasteiger partial charge in [-0.05, 0) is 31.5 Å². The molecular weight excluding hydrogens is 358 g/mol. The molecule has 0 aromatic heterocycles. The number of ether oxygens (including phenoxy) is 1. The Labute approximate surface area is 164 Å². The van der Waals surface area contributed by atoms with Gasteiger partial charge in [0.15, 0.2) is 5.78 Å². The van der Waals surface area contributed by atoms with Crippen LogP contribution in [0.25, 0.3) is 0 Å². The summed E-state index contributed by atoms with van der Waals surface area (Å²) in [7, 11) is 1.52. The van der Waals surface area contributed by atoms with Gasteiger partial charge in [-0.2, -0.15) is 0 Å². The molecule has 2 rings (SSSR count). The largest absolute Gasteiger partial charge is 0.497 e. The standard InChI is InChI=1S/C22H25NO5/c1-15-7-9-16(10-8-15)19(24)11-12-20(25)23-22(2,14-21(26)27)17-5-4-6-18(13-17)28-3/h4-10,13H,11-12,14H2,1-3H3,(H,23,25)(H,26,27). The van der Waals surface area contributed by atoms with Crippen LogP contribution in [-0.2, 0) is 15.1 Å². The van der Waals surface area contributed by atoms with E-state index >= 15 is 0 Å². The lowest BCUT2D eigenvalue weighted by atomic mass is 9.88. The predicted molar refractivity (Wildman–Crippen MR) is 105 cm³/mol. The van der Waals surface area contributed by atoms with Crippen molar-refractivity contribution in [2.45, 2.75) is 38.6 Å². The minimum Gasteiger partial charge on any atom is -0.497 e. The van der Waals surface area contributed by atoms with E-state index in [-0.39, 0.29) is 31.0 Å². The third-order valence-electron chi connectivity index (χ3n) is 4.58. The van der Waals surface area contributed by atoms with Gasteiger partial charge in [0.25, 0.3) is 0 Å². The number of benzene rings is 2. The molecular formula is C22H25NO5. The zero-order valence-corrected chi connectivity index (χ0v) is 16.3. The molecule has 2 N–H and O–H groups in total. The van der Waals surface area contributed by atoms with Gasteiger partial charge < -0.3 is 15.2 Å². The van der Waals surface area contributed by atoms with Crippen LogP contribution < -0.4 is 10.1 Å². The van der Waals surface area contributed by atoms with Gasteiger partial charge >= 0.3 is 5.97 Å². The highest BCUT2D eigenvalue weighted by Gasteiger charge is 2.32. The van der Waals surface area contributed by atoms with Gasteiger partial charge in [-0.25, -0.2) is 0 Å². The van der Waals surface area contributed by atoms with Crippen molar-refractivity contribution < 1.29 is 24.2 Å². The van der Waals surface area contributed by atoms with Crippen molar-refractivity contribution in [3.63, 3.8) is 0 Å². The number of methoxy groups -OCH3 is 1. The Morgan fingerprint density at radius 3 is 2.36 bits per heavy atom. The van der Waals surface area contributed by atoms with Gasteiger partial charge in [-0.3, -0.25) is 14.4 Å². The Bertz CT molecular complexity index is 859. The number of aliphatic carboxylic acids is 1. The first-order valence-corrected chi connectivity index (χ1v) is 9.01. The molecule has 1 atom stereocenters. The molecule has 0 aliphatic carbocycles. The number of nitrogens with one attached hydrogen (secondary N) is 1. The monoisotopic (exact) mass is 383 g/mol. The Morgan fingerprint density at radius 1 is 1.07 bits per heavy atom. The zero-order chi connectivity index (χ0) is 20.7. The number of carboxylic acids is 1. The number of carbonyl (C=O) groups is 3. The highest BCUT2D eigenvalue weighted by molar-refractivity contribution is 5.98. The summed E-state index contributed by atoms with van der Waals surface area (Å²) in [5.41, 5.74) is 1.11. The van der Waals surface area contributed by atoms with Crippen LogP contribution in [0.15, 0.2) is 48.5 Å². The average molecular weight is 383 g/mol. The average Bonchev–Trinajstić information content (AvgIpc) is 2.66. The van der Waals surface area contributed by atoms with Crippen molar-refractivity contribution in [1.82, 2.24) is 5.32 Å². The van der Waals surface area contributed by atoms with Crippen LogP contribution in [0.3, 0.4) is 0 Å². The quantitative estimate of drug-likeness (QED) is 0.647. The summed E-state index contributed by atoms with van der Waals surface area (Å²) in [5, 5.41) is 12.1. The number of hydrogen-bond acceptors (Lipinski definition) is 4. The van der Waals surface area contributed by atoms with E-state index in [4.69, 9.17) is 4.74 Å². The molecule has 1 unspecified atom stereocenters. The lowest BCUT2D eigenvalue weighted by molar-refractivity contribution is -0.139. The summed E-state index contributed by atoms with van der Waals surface area (Å²) in [5.74, 6) is -0.984. The second kappa shape index (κ2) is 9.17. The maximum Gasteiger partial charge on any atom is 0.306 e. The lowest BCUT2D eigenvalue weighted by Crippen LogP contribution is -2.45. The summed E-state index contributed by atoms with van der Waals surface area (Å²) in [4.78, 5) is 36.1. The van der Waals surface area contributed by atoms with E-state index in [0.717, 1.165) is 5.56 Å². The fourth-order valence-corrected chi connectivity index (χ4v) is 2.97. The molecule has 0 saturated heterocycles. The van der Waals surface area contributed by atoms with Crippen LogP contribution in [0.4, 0.5) is 0 Å². The lowest BCUT2D eigenvalue weighted by Gasteiger charge is -2.30. The molecule has 148 valence electrons. The number of amides is 1. The number of hydrogen-bond donors (Lipinski definition) is 2. The van der Waals surface area contributed by atoms with Crippen molar-refractivity contribution >= 4 is 17.7 Å². The first kappa shape index (κ1) is 21.2. The Balaban J connectivity index is 2.08. The molecule has 28 heavy (non-hydrogen) atoms. The van der Waals surface area contributed by atoms with Gasteiger partial charge in [-0.15, -0.1) is 0 Å². The number of ketones is 1. The fourth-order valence-electron chi connectivity index (χ4n) is 2.97. The molecule has 2 aromatic rings. The summed E-state index contributed by atoms with van der Waals surface area (Å²) in [6.45, 7) is 3.58. The molecule has 0 heterocycles. The molecule has 0 spiro atoms. The van der Waals surface area contributed by atoms with Gasteiger partial charge in [0.05, 0.1) is 19.1 Å². The van der Waals surface area contributed by atoms with Crippen LogP contribution >= 0.6 is 0 Å². The first-order chi connectivity index (χ1) is 13.2. The minimum atomic E-state index is -1.12. The molecule has 0 fully saturated rings. The maximum absolute atomic E-state index is 12.5. The van der Waals surface area contributed by atoms with Gasteiger partial charge in [-0.1, -0.05) is 42.0 Å². The van der Waals surface area contributed by atoms with E-state index in [1.165, 1.54) is 7.11 Å². The second-order valence-electron chi connectivity index (χ2n) is 6.97. The molecule has 0 saturated carbocycles. The normalized spacial score (nSPS) is 12.7. The predicted octanol–water partition coefficient (Wildman–Crippen LogP) is 3.47. The van der Waals surface area contributed by atoms with E-state index in [9.17, 15) is 19.5 Å². The van der Waals surface area contributed by atoms with Crippen molar-refractivity contribution in [3.05, 3.63) is 65.2 Å². The number of Topliss-reactive ketones (excluding diaryl/α,β-unsaturated/α-hetero) is 1. The smallest absolute Gasteiger partial charge is 0.306 e. The zero-order valence-electron chi connectivity index (χ0n) is 16.3. The van der Waals surface area contributed by atoms with Crippen molar-refractivity contribution in [1.29, 1.82) is 0 Å². The topological polar surface area (TPSA) is 92.7 Å². The molecule has 6 nitrogen and oxygen atoms in total. The molecule has 0 aliphatic heterocycles. The molecule has 1 amide bonds. The molecule has 6 heteroatoms. The fraction of sp³-hybridized carbons (Fsp3) is 0.318. The second-order valence-corrected chi connectivity index (χ2v) is 6.97. The van der Waals surface area contributed by atoms with Crippen molar-refractivity contribution in [2.75, 3.05) is 7.11 Å². The van der Waals surface area contributed by atoms with E-state index in [2.05, 4.69) is 5.32 Å². The van der Waals surface area contributed by atoms with Gasteiger partial charge in [0.2, 0.25) is 5.91 Å². The summed E-state index contributed by atoms with van der Waals surface area (Å²) in [6, 6.07) is 14.1. The minimum absolute atomic E-state index is 0.0219. The Hall–Kier alpha value is -3.15. The van der Waals surface area contributed by atoms with Crippen molar-refractivity contribution in [3.8, 4) is 5.75 Å². The van der Waals surface area contributed by atoms with Gasteiger partial charge in [0.1, 0.15) is 5.75 Å². The third kappa shape index (κ3) is 5.67. The van der Waals surface area contributed by atoms with Crippen molar-refractivity contribution in [2.24, 2.45) is 0 Å². The van der Waals surface area contributed by atoms with E-state index in [0.29, 0.717) is 16.9 Å². The molecule has 2 aromatic carbocycles. The van der Waals surface area contributed by atoms with Crippen LogP contribution in [0, 0.1) is 6.92 Å². The number of carboxylic acid groups (broad SMARTS) is 1. The summed E-state index contributed by atoms with van der Waals surface area (Å²) in [6.07, 6.45) is -0.264. The molecule has 0 aliphatic rings. The van der Waals surface area contributed by atoms with Crippen LogP contribution in [0.5, 0.6) is 5.75 Å². The number of rotatable bonds is 9. The van der Waals surface area contributed by atoms with Crippen LogP contribution in [0.1, 0.15) is 47.7 Å². The summed E-state index contributed by atoms with van der Waals surface area (Å²) < 4.78 is 5.19. The molecule has 0 bridgehead atoms. The van der Waals surface area contributed by atoms with E-state index < -0.39 is 11.5 Å². The Morgan fingerprint density at radius 2 is 1.75 bits per heavy atom. The first-order valence-electron chi connectivity index (χ1n) is 9.01. The number of aryl methyl sites for hydroxylation is 1. The molecule has 0 radical (unpaired) electrons. The van der Waals surface area contributed by atoms with Gasteiger partial charge in [0, 0.05) is 18.4 Å². The van der Waals surface area contributed by atoms with E-state index in [1.807, 2.05) is 19.1 Å². The van der Waals surface area contributed by atoms with Crippen LogP contribution in [0.2, 0.25) is 0 Å². The maximum atomic E-state index is 12.5. The Kier molecular flexibility index (Phi) is 6.93. The SMILES string of the molecule is COc1cccc(C(C)(CC(=O)O)NC(=O)CCC(=O)c2ccc(C)cc2)c1.